The van der Waals surface area contributed by atoms with Crippen LogP contribution >= 0.6 is 0 Å². The Morgan fingerprint density at radius 2 is 1.93 bits per heavy atom. The molecule has 1 N–H and O–H groups in total. The monoisotopic (exact) mass is 205 g/mol. The molecule has 0 atom stereocenters. The lowest BCUT2D eigenvalue weighted by Crippen LogP contribution is -2.15. The van der Waals surface area contributed by atoms with Gasteiger partial charge in [0.2, 0.25) is 5.89 Å². The number of hydrogen-bond donors (Lipinski definition) is 1. The molecule has 78 valence electrons. The maximum atomic E-state index is 4.83. The molecule has 0 amide bonds. The van der Waals surface area contributed by atoms with Gasteiger partial charge in [0.05, 0.1) is 13.1 Å². The molecule has 0 aliphatic carbocycles. The van der Waals surface area contributed by atoms with Gasteiger partial charge in [0.25, 0.3) is 0 Å². The van der Waals surface area contributed by atoms with E-state index in [0.717, 1.165) is 5.82 Å². The Labute approximate surface area is 86.8 Å². The molecule has 0 radical (unpaired) electrons. The lowest BCUT2D eigenvalue weighted by atomic mass is 10.5. The third kappa shape index (κ3) is 2.81. The van der Waals surface area contributed by atoms with Gasteiger partial charge < -0.3 is 9.84 Å². The summed E-state index contributed by atoms with van der Waals surface area (Å²) in [7, 11) is 0. The second kappa shape index (κ2) is 4.61. The normalized spacial score (nSPS) is 10.5. The molecule has 0 fully saturated rings. The highest BCUT2D eigenvalue weighted by molar-refractivity contribution is 4.89. The van der Waals surface area contributed by atoms with Crippen LogP contribution in [-0.2, 0) is 13.1 Å². The summed E-state index contributed by atoms with van der Waals surface area (Å²) in [4.78, 5) is 12.2. The fourth-order valence-electron chi connectivity index (χ4n) is 1.12. The van der Waals surface area contributed by atoms with Crippen molar-refractivity contribution in [2.45, 2.75) is 20.0 Å². The van der Waals surface area contributed by atoms with Crippen LogP contribution in [0.15, 0.2) is 23.0 Å². The number of nitrogens with zero attached hydrogens (tertiary/aromatic N) is 4. The molecule has 6 nitrogen and oxygen atoms in total. The van der Waals surface area contributed by atoms with Gasteiger partial charge in [-0.3, -0.25) is 0 Å². The average molecular weight is 205 g/mol. The molecule has 0 aliphatic rings. The van der Waals surface area contributed by atoms with Gasteiger partial charge in [-0.15, -0.1) is 0 Å². The lowest BCUT2D eigenvalue weighted by molar-refractivity contribution is 0.385. The van der Waals surface area contributed by atoms with Crippen molar-refractivity contribution in [2.24, 2.45) is 0 Å². The van der Waals surface area contributed by atoms with Crippen molar-refractivity contribution in [3.8, 4) is 0 Å². The number of aryl methyl sites for hydroxylation is 1. The standard InChI is InChI=1S/C9H11N5O/c1-7-13-9(14-15-7)6-10-5-8-11-3-2-4-12-8/h2-4,10H,5-6H2,1H3. The Bertz CT molecular complexity index is 413. The largest absolute Gasteiger partial charge is 0.340 e. The highest BCUT2D eigenvalue weighted by Gasteiger charge is 2.01. The number of nitrogens with one attached hydrogen (secondary N) is 1. The van der Waals surface area contributed by atoms with Gasteiger partial charge in [-0.25, -0.2) is 9.97 Å². The molecule has 6 heteroatoms. The van der Waals surface area contributed by atoms with Crippen molar-refractivity contribution in [3.63, 3.8) is 0 Å². The van der Waals surface area contributed by atoms with Crippen LogP contribution in [0.3, 0.4) is 0 Å². The zero-order valence-electron chi connectivity index (χ0n) is 8.34. The quantitative estimate of drug-likeness (QED) is 0.781. The topological polar surface area (TPSA) is 76.7 Å². The first-order valence-corrected chi connectivity index (χ1v) is 4.60. The predicted molar refractivity (Wildman–Crippen MR) is 51.6 cm³/mol. The van der Waals surface area contributed by atoms with Gasteiger partial charge in [0, 0.05) is 19.3 Å². The molecule has 0 aromatic carbocycles. The van der Waals surface area contributed by atoms with Crippen LogP contribution in [0, 0.1) is 6.92 Å². The highest BCUT2D eigenvalue weighted by Crippen LogP contribution is 1.94. The molecule has 2 aromatic heterocycles. The minimum atomic E-state index is 0.551. The Balaban J connectivity index is 1.80. The average Bonchev–Trinajstić information content (AvgIpc) is 2.66. The summed E-state index contributed by atoms with van der Waals surface area (Å²) in [6.45, 7) is 2.90. The Hall–Kier alpha value is -1.82. The molecule has 0 unspecified atom stereocenters. The number of aromatic nitrogens is 4. The lowest BCUT2D eigenvalue weighted by Gasteiger charge is -1.98. The predicted octanol–water partition coefficient (Wildman–Crippen LogP) is 0.458. The summed E-state index contributed by atoms with van der Waals surface area (Å²) in [5.41, 5.74) is 0. The van der Waals surface area contributed by atoms with E-state index in [-0.39, 0.29) is 0 Å². The maximum Gasteiger partial charge on any atom is 0.223 e. The molecule has 2 rings (SSSR count). The zero-order valence-corrected chi connectivity index (χ0v) is 8.34. The second-order valence-electron chi connectivity index (χ2n) is 3.00. The van der Waals surface area contributed by atoms with Crippen molar-refractivity contribution in [1.82, 2.24) is 25.4 Å². The van der Waals surface area contributed by atoms with Gasteiger partial charge in [-0.2, -0.15) is 4.98 Å². The number of hydrogen-bond acceptors (Lipinski definition) is 6. The highest BCUT2D eigenvalue weighted by atomic mass is 16.5. The Morgan fingerprint density at radius 1 is 1.20 bits per heavy atom. The third-order valence-electron chi connectivity index (χ3n) is 1.76. The van der Waals surface area contributed by atoms with Crippen molar-refractivity contribution >= 4 is 0 Å². The van der Waals surface area contributed by atoms with Gasteiger partial charge in [-0.05, 0) is 6.07 Å². The molecular weight excluding hydrogens is 194 g/mol. The molecule has 0 saturated heterocycles. The first kappa shape index (κ1) is 9.72. The molecule has 15 heavy (non-hydrogen) atoms. The zero-order chi connectivity index (χ0) is 10.5. The minimum absolute atomic E-state index is 0.551. The van der Waals surface area contributed by atoms with E-state index in [1.807, 2.05) is 0 Å². The summed E-state index contributed by atoms with van der Waals surface area (Å²) in [5.74, 6) is 1.96. The summed E-state index contributed by atoms with van der Waals surface area (Å²) >= 11 is 0. The van der Waals surface area contributed by atoms with E-state index in [2.05, 4.69) is 25.4 Å². The summed E-state index contributed by atoms with van der Waals surface area (Å²) in [6.07, 6.45) is 3.42. The van der Waals surface area contributed by atoms with E-state index < -0.39 is 0 Å². The Kier molecular flexibility index (Phi) is 2.99. The minimum Gasteiger partial charge on any atom is -0.340 e. The smallest absolute Gasteiger partial charge is 0.223 e. The van der Waals surface area contributed by atoms with E-state index in [4.69, 9.17) is 4.52 Å². The van der Waals surface area contributed by atoms with Crippen LogP contribution in [0.25, 0.3) is 0 Å². The van der Waals surface area contributed by atoms with E-state index in [0.29, 0.717) is 24.8 Å². The van der Waals surface area contributed by atoms with E-state index in [1.165, 1.54) is 0 Å². The van der Waals surface area contributed by atoms with Gasteiger partial charge in [0.1, 0.15) is 5.82 Å². The summed E-state index contributed by atoms with van der Waals surface area (Å²) in [6, 6.07) is 1.78. The third-order valence-corrected chi connectivity index (χ3v) is 1.76. The molecule has 0 saturated carbocycles. The van der Waals surface area contributed by atoms with Gasteiger partial charge in [-0.1, -0.05) is 5.16 Å². The molecule has 2 aromatic rings. The van der Waals surface area contributed by atoms with E-state index in [9.17, 15) is 0 Å². The maximum absolute atomic E-state index is 4.83. The van der Waals surface area contributed by atoms with Crippen LogP contribution in [0.1, 0.15) is 17.5 Å². The fraction of sp³-hybridized carbons (Fsp3) is 0.333. The summed E-state index contributed by atoms with van der Waals surface area (Å²) in [5, 5.41) is 6.88. The summed E-state index contributed by atoms with van der Waals surface area (Å²) < 4.78 is 4.83. The van der Waals surface area contributed by atoms with E-state index in [1.54, 1.807) is 25.4 Å². The first-order valence-electron chi connectivity index (χ1n) is 4.60. The molecule has 0 bridgehead atoms. The van der Waals surface area contributed by atoms with Crippen LogP contribution < -0.4 is 5.32 Å². The first-order chi connectivity index (χ1) is 7.34. The van der Waals surface area contributed by atoms with Gasteiger partial charge >= 0.3 is 0 Å². The van der Waals surface area contributed by atoms with Crippen LogP contribution in [-0.4, -0.2) is 20.1 Å². The van der Waals surface area contributed by atoms with Crippen molar-refractivity contribution in [2.75, 3.05) is 0 Å². The van der Waals surface area contributed by atoms with Crippen LogP contribution in [0.5, 0.6) is 0 Å². The fourth-order valence-corrected chi connectivity index (χ4v) is 1.12. The molecule has 0 spiro atoms. The number of rotatable bonds is 4. The molecule has 2 heterocycles. The molecule has 0 aliphatic heterocycles. The van der Waals surface area contributed by atoms with Crippen molar-refractivity contribution < 1.29 is 4.52 Å². The van der Waals surface area contributed by atoms with Crippen LogP contribution in [0.2, 0.25) is 0 Å². The van der Waals surface area contributed by atoms with Crippen molar-refractivity contribution in [1.29, 1.82) is 0 Å². The van der Waals surface area contributed by atoms with Crippen molar-refractivity contribution in [3.05, 3.63) is 36.0 Å². The Morgan fingerprint density at radius 3 is 2.60 bits per heavy atom. The molecular formula is C9H11N5O. The second-order valence-corrected chi connectivity index (χ2v) is 3.00. The van der Waals surface area contributed by atoms with E-state index >= 15 is 0 Å². The SMILES string of the molecule is Cc1nc(CNCc2ncccn2)no1. The van der Waals surface area contributed by atoms with Crippen LogP contribution in [0.4, 0.5) is 0 Å². The van der Waals surface area contributed by atoms with Gasteiger partial charge in [0.15, 0.2) is 5.82 Å².